The average Bonchev–Trinajstić information content (AvgIpc) is 2.66. The number of likely N-dealkylation sites (N-methyl/N-ethyl adjacent to an activating group) is 1. The Labute approximate surface area is 163 Å². The van der Waals surface area contributed by atoms with Crippen LogP contribution in [0.3, 0.4) is 0 Å². The monoisotopic (exact) mass is 381 g/mol. The lowest BCUT2D eigenvalue weighted by Crippen LogP contribution is -2.23. The molecule has 0 aliphatic rings. The summed E-state index contributed by atoms with van der Waals surface area (Å²) in [6.45, 7) is 2.53. The van der Waals surface area contributed by atoms with Crippen molar-refractivity contribution < 1.29 is 4.79 Å². The van der Waals surface area contributed by atoms with Gasteiger partial charge in [-0.2, -0.15) is 0 Å². The number of aryl methyl sites for hydroxylation is 1. The van der Waals surface area contributed by atoms with Crippen LogP contribution in [0.2, 0.25) is 5.02 Å². The lowest BCUT2D eigenvalue weighted by atomic mass is 10.2. The second-order valence-electron chi connectivity index (χ2n) is 6.15. The summed E-state index contributed by atoms with van der Waals surface area (Å²) in [5.74, 6) is 0.943. The Bertz CT molecular complexity index is 933. The first kappa shape index (κ1) is 18.8. The van der Waals surface area contributed by atoms with Crippen LogP contribution >= 0.6 is 11.6 Å². The fourth-order valence-electron chi connectivity index (χ4n) is 2.59. The zero-order chi connectivity index (χ0) is 19.2. The summed E-state index contributed by atoms with van der Waals surface area (Å²) in [6.07, 6.45) is 4.41. The van der Waals surface area contributed by atoms with Crippen molar-refractivity contribution in [1.29, 1.82) is 0 Å². The molecule has 0 aliphatic carbocycles. The van der Waals surface area contributed by atoms with E-state index in [1.165, 1.54) is 5.56 Å². The summed E-state index contributed by atoms with van der Waals surface area (Å²) in [6, 6.07) is 12.7. The first-order valence-corrected chi connectivity index (χ1v) is 8.92. The lowest BCUT2D eigenvalue weighted by Gasteiger charge is -2.19. The van der Waals surface area contributed by atoms with E-state index in [2.05, 4.69) is 20.3 Å². The maximum absolute atomic E-state index is 12.6. The van der Waals surface area contributed by atoms with E-state index in [4.69, 9.17) is 11.6 Å². The van der Waals surface area contributed by atoms with Gasteiger partial charge >= 0.3 is 0 Å². The quantitative estimate of drug-likeness (QED) is 0.703. The second-order valence-corrected chi connectivity index (χ2v) is 6.59. The predicted molar refractivity (Wildman–Crippen MR) is 107 cm³/mol. The van der Waals surface area contributed by atoms with Gasteiger partial charge in [0.05, 0.1) is 0 Å². The van der Waals surface area contributed by atoms with Crippen molar-refractivity contribution in [2.24, 2.45) is 0 Å². The van der Waals surface area contributed by atoms with Crippen LogP contribution in [0.4, 0.5) is 11.5 Å². The minimum atomic E-state index is -0.299. The van der Waals surface area contributed by atoms with E-state index in [0.717, 1.165) is 13.0 Å². The molecule has 1 amide bonds. The van der Waals surface area contributed by atoms with Gasteiger partial charge in [-0.25, -0.2) is 9.97 Å². The predicted octanol–water partition coefficient (Wildman–Crippen LogP) is 3.76. The van der Waals surface area contributed by atoms with E-state index < -0.39 is 0 Å². The third kappa shape index (κ3) is 5.24. The number of anilines is 2. The molecule has 7 heteroatoms. The van der Waals surface area contributed by atoms with E-state index in [-0.39, 0.29) is 5.91 Å². The van der Waals surface area contributed by atoms with Crippen molar-refractivity contribution in [3.63, 3.8) is 0 Å². The van der Waals surface area contributed by atoms with Crippen LogP contribution in [-0.4, -0.2) is 34.5 Å². The van der Waals surface area contributed by atoms with Crippen LogP contribution in [0.15, 0.2) is 54.9 Å². The first-order chi connectivity index (χ1) is 13.0. The molecule has 3 rings (SSSR count). The van der Waals surface area contributed by atoms with Crippen molar-refractivity contribution in [2.75, 3.05) is 23.8 Å². The van der Waals surface area contributed by atoms with Crippen molar-refractivity contribution >= 4 is 29.0 Å². The van der Waals surface area contributed by atoms with Gasteiger partial charge in [0.15, 0.2) is 0 Å². The van der Waals surface area contributed by atoms with Gasteiger partial charge in [0.25, 0.3) is 5.91 Å². The van der Waals surface area contributed by atoms with Gasteiger partial charge in [0, 0.05) is 42.8 Å². The Kier molecular flexibility index (Phi) is 5.98. The van der Waals surface area contributed by atoms with Gasteiger partial charge in [-0.15, -0.1) is 0 Å². The zero-order valence-corrected chi connectivity index (χ0v) is 15.9. The number of aromatic nitrogens is 3. The molecule has 0 saturated carbocycles. The molecular formula is C20H20ClN5O. The topological polar surface area (TPSA) is 71.0 Å². The molecule has 0 radical (unpaired) electrons. The Balaban J connectivity index is 1.72. The molecule has 27 heavy (non-hydrogen) atoms. The number of pyridine rings is 1. The highest BCUT2D eigenvalue weighted by atomic mass is 35.5. The van der Waals surface area contributed by atoms with Crippen LogP contribution in [0.5, 0.6) is 0 Å². The largest absolute Gasteiger partial charge is 0.359 e. The Hall–Kier alpha value is -2.99. The summed E-state index contributed by atoms with van der Waals surface area (Å²) in [5.41, 5.74) is 2.13. The summed E-state index contributed by atoms with van der Waals surface area (Å²) < 4.78 is 0. The van der Waals surface area contributed by atoms with Crippen LogP contribution in [0.25, 0.3) is 0 Å². The molecule has 1 aromatic carbocycles. The molecule has 3 aromatic rings. The molecule has 0 aliphatic heterocycles. The molecule has 0 bridgehead atoms. The standard InChI is InChI=1S/C20H20ClN5O/c1-14-23-18(20(27)25-17-5-3-4-16(21)12-17)13-19(24-14)26(2)11-8-15-6-9-22-10-7-15/h3-7,9-10,12-13H,8,11H2,1-2H3,(H,25,27). The molecule has 2 heterocycles. The lowest BCUT2D eigenvalue weighted by molar-refractivity contribution is 0.102. The number of rotatable bonds is 6. The molecule has 0 fully saturated rings. The van der Waals surface area contributed by atoms with Gasteiger partial charge in [-0.3, -0.25) is 9.78 Å². The fraction of sp³-hybridized carbons (Fsp3) is 0.200. The number of nitrogens with zero attached hydrogens (tertiary/aromatic N) is 4. The SMILES string of the molecule is Cc1nc(C(=O)Nc2cccc(Cl)c2)cc(N(C)CCc2ccncc2)n1. The molecule has 0 atom stereocenters. The molecule has 6 nitrogen and oxygen atoms in total. The fourth-order valence-corrected chi connectivity index (χ4v) is 2.78. The molecule has 1 N–H and O–H groups in total. The third-order valence-electron chi connectivity index (χ3n) is 4.02. The van der Waals surface area contributed by atoms with Crippen molar-refractivity contribution in [3.05, 3.63) is 77.0 Å². The molecular weight excluding hydrogens is 362 g/mol. The van der Waals surface area contributed by atoms with Gasteiger partial charge < -0.3 is 10.2 Å². The van der Waals surface area contributed by atoms with Crippen LogP contribution in [0, 0.1) is 6.92 Å². The van der Waals surface area contributed by atoms with Crippen LogP contribution in [0.1, 0.15) is 21.9 Å². The zero-order valence-electron chi connectivity index (χ0n) is 15.2. The molecule has 0 spiro atoms. The summed E-state index contributed by atoms with van der Waals surface area (Å²) in [4.78, 5) is 27.3. The summed E-state index contributed by atoms with van der Waals surface area (Å²) >= 11 is 5.96. The van der Waals surface area contributed by atoms with Crippen LogP contribution in [-0.2, 0) is 6.42 Å². The number of benzene rings is 1. The van der Waals surface area contributed by atoms with Gasteiger partial charge in [0.2, 0.25) is 0 Å². The third-order valence-corrected chi connectivity index (χ3v) is 4.25. The number of hydrogen-bond donors (Lipinski definition) is 1. The molecule has 0 unspecified atom stereocenters. The number of carbonyl (C=O) groups excluding carboxylic acids is 1. The number of hydrogen-bond acceptors (Lipinski definition) is 5. The molecule has 2 aromatic heterocycles. The highest BCUT2D eigenvalue weighted by Crippen LogP contribution is 2.17. The summed E-state index contributed by atoms with van der Waals surface area (Å²) in [7, 11) is 1.95. The van der Waals surface area contributed by atoms with E-state index in [9.17, 15) is 4.79 Å². The highest BCUT2D eigenvalue weighted by Gasteiger charge is 2.13. The maximum atomic E-state index is 12.6. The Morgan fingerprint density at radius 1 is 1.15 bits per heavy atom. The van der Waals surface area contributed by atoms with Gasteiger partial charge in [0.1, 0.15) is 17.3 Å². The second kappa shape index (κ2) is 8.60. The minimum Gasteiger partial charge on any atom is -0.359 e. The number of amides is 1. The maximum Gasteiger partial charge on any atom is 0.274 e. The molecule has 0 saturated heterocycles. The highest BCUT2D eigenvalue weighted by molar-refractivity contribution is 6.30. The number of halogens is 1. The van der Waals surface area contributed by atoms with Crippen molar-refractivity contribution in [1.82, 2.24) is 15.0 Å². The Morgan fingerprint density at radius 2 is 1.93 bits per heavy atom. The van der Waals surface area contributed by atoms with E-state index >= 15 is 0 Å². The Morgan fingerprint density at radius 3 is 2.67 bits per heavy atom. The summed E-state index contributed by atoms with van der Waals surface area (Å²) in [5, 5.41) is 3.37. The van der Waals surface area contributed by atoms with Crippen molar-refractivity contribution in [3.8, 4) is 0 Å². The van der Waals surface area contributed by atoms with E-state index in [1.54, 1.807) is 49.6 Å². The number of nitrogens with one attached hydrogen (secondary N) is 1. The average molecular weight is 382 g/mol. The van der Waals surface area contributed by atoms with E-state index in [1.807, 2.05) is 24.1 Å². The smallest absolute Gasteiger partial charge is 0.274 e. The molecule has 138 valence electrons. The van der Waals surface area contributed by atoms with Crippen LogP contribution < -0.4 is 10.2 Å². The van der Waals surface area contributed by atoms with Crippen molar-refractivity contribution in [2.45, 2.75) is 13.3 Å². The van der Waals surface area contributed by atoms with Gasteiger partial charge in [-0.1, -0.05) is 17.7 Å². The van der Waals surface area contributed by atoms with E-state index in [0.29, 0.717) is 28.0 Å². The normalized spacial score (nSPS) is 10.5. The minimum absolute atomic E-state index is 0.299. The van der Waals surface area contributed by atoms with Gasteiger partial charge in [-0.05, 0) is 49.2 Å². The number of carbonyl (C=O) groups is 1. The first-order valence-electron chi connectivity index (χ1n) is 8.54.